The normalized spacial score (nSPS) is 18.2. The smallest absolute Gasteiger partial charge is 0.343 e. The first-order chi connectivity index (χ1) is 19.2. The van der Waals surface area contributed by atoms with Crippen LogP contribution in [0.4, 0.5) is 0 Å². The van der Waals surface area contributed by atoms with Crippen molar-refractivity contribution in [1.82, 2.24) is 20.9 Å². The van der Waals surface area contributed by atoms with Crippen LogP contribution < -0.4 is 21.7 Å². The molecule has 1 aromatic rings. The number of phosphoric ester groups is 1. The minimum Gasteiger partial charge on any atom is -0.343 e. The van der Waals surface area contributed by atoms with E-state index in [4.69, 9.17) is 5.73 Å². The third kappa shape index (κ3) is 11.3. The number of rotatable bonds is 15. The van der Waals surface area contributed by atoms with Crippen LogP contribution in [-0.4, -0.2) is 88.0 Å². The van der Waals surface area contributed by atoms with Gasteiger partial charge >= 0.3 is 7.82 Å². The standard InChI is InChI=1S/C26H40N5O9P/c1-16(2)12-20(27)23(33)29-21(13-18-8-5-4-6-9-18)24(34)30-22(15-40-41(37,38)39)25(35)28-17(3)26(36)31-11-7-10-19(31)14-32/h4-6,8-9,14,16-17,19-22H,7,10-13,15,27H2,1-3H3,(H,28,35)(H,29,33)(H,30,34)(H2,37,38,39)/t17-,19-,20-,21-,22-/m0/s1. The molecular formula is C26H40N5O9P. The van der Waals surface area contributed by atoms with Crippen molar-refractivity contribution in [3.05, 3.63) is 35.9 Å². The molecule has 15 heteroatoms. The molecule has 0 unspecified atom stereocenters. The van der Waals surface area contributed by atoms with E-state index >= 15 is 0 Å². The zero-order chi connectivity index (χ0) is 30.7. The Kier molecular flexibility index (Phi) is 13.1. The minimum absolute atomic E-state index is 0.0252. The number of nitrogens with one attached hydrogen (secondary N) is 3. The summed E-state index contributed by atoms with van der Waals surface area (Å²) in [5.74, 6) is -2.80. The summed E-state index contributed by atoms with van der Waals surface area (Å²) in [6, 6.07) is 3.26. The highest BCUT2D eigenvalue weighted by Gasteiger charge is 2.35. The predicted octanol–water partition coefficient (Wildman–Crippen LogP) is -0.624. The van der Waals surface area contributed by atoms with Crippen molar-refractivity contribution in [2.45, 2.75) is 76.7 Å². The molecule has 0 spiro atoms. The Morgan fingerprint density at radius 1 is 1.05 bits per heavy atom. The lowest BCUT2D eigenvalue weighted by Crippen LogP contribution is -2.59. The maximum absolute atomic E-state index is 13.4. The summed E-state index contributed by atoms with van der Waals surface area (Å²) in [4.78, 5) is 83.1. The molecule has 1 aliphatic rings. The van der Waals surface area contributed by atoms with Crippen molar-refractivity contribution in [1.29, 1.82) is 0 Å². The van der Waals surface area contributed by atoms with Crippen molar-refractivity contribution in [3.8, 4) is 0 Å². The van der Waals surface area contributed by atoms with Gasteiger partial charge in [-0.15, -0.1) is 0 Å². The zero-order valence-corrected chi connectivity index (χ0v) is 24.3. The molecule has 5 atom stereocenters. The van der Waals surface area contributed by atoms with Crippen molar-refractivity contribution >= 4 is 37.7 Å². The Labute approximate surface area is 239 Å². The summed E-state index contributed by atoms with van der Waals surface area (Å²) in [5, 5.41) is 7.38. The number of carbonyl (C=O) groups excluding carboxylic acids is 5. The number of carbonyl (C=O) groups is 5. The van der Waals surface area contributed by atoms with E-state index in [2.05, 4.69) is 20.5 Å². The van der Waals surface area contributed by atoms with E-state index < -0.39 is 68.3 Å². The highest BCUT2D eigenvalue weighted by Crippen LogP contribution is 2.35. The van der Waals surface area contributed by atoms with Crippen LogP contribution >= 0.6 is 7.82 Å². The first-order valence-corrected chi connectivity index (χ1v) is 14.9. The Morgan fingerprint density at radius 3 is 2.24 bits per heavy atom. The lowest BCUT2D eigenvalue weighted by atomic mass is 10.0. The van der Waals surface area contributed by atoms with Gasteiger partial charge in [-0.05, 0) is 37.7 Å². The second kappa shape index (κ2) is 15.7. The van der Waals surface area contributed by atoms with E-state index in [9.17, 15) is 38.3 Å². The van der Waals surface area contributed by atoms with Crippen molar-refractivity contribution in [2.24, 2.45) is 11.7 Å². The summed E-state index contributed by atoms with van der Waals surface area (Å²) in [7, 11) is -5.04. The number of likely N-dealkylation sites (tertiary alicyclic amines) is 1. The monoisotopic (exact) mass is 597 g/mol. The van der Waals surface area contributed by atoms with Crippen LogP contribution in [0.3, 0.4) is 0 Å². The molecule has 1 fully saturated rings. The quantitative estimate of drug-likeness (QED) is 0.111. The Morgan fingerprint density at radius 2 is 1.66 bits per heavy atom. The number of phosphoric acid groups is 1. The van der Waals surface area contributed by atoms with Crippen LogP contribution in [0.1, 0.15) is 45.6 Å². The molecule has 2 rings (SSSR count). The maximum Gasteiger partial charge on any atom is 0.469 e. The third-order valence-corrected chi connectivity index (χ3v) is 6.97. The van der Waals surface area contributed by atoms with Gasteiger partial charge in [0.1, 0.15) is 24.4 Å². The predicted molar refractivity (Wildman–Crippen MR) is 148 cm³/mol. The van der Waals surface area contributed by atoms with Crippen LogP contribution in [0.25, 0.3) is 0 Å². The fourth-order valence-electron chi connectivity index (χ4n) is 4.41. The van der Waals surface area contributed by atoms with Crippen LogP contribution in [-0.2, 0) is 39.5 Å². The van der Waals surface area contributed by atoms with Gasteiger partial charge in [0.25, 0.3) is 0 Å². The number of amides is 4. The number of nitrogens with two attached hydrogens (primary N) is 1. The largest absolute Gasteiger partial charge is 0.469 e. The van der Waals surface area contributed by atoms with Gasteiger partial charge in [0.15, 0.2) is 0 Å². The fourth-order valence-corrected chi connectivity index (χ4v) is 4.75. The summed E-state index contributed by atoms with van der Waals surface area (Å²) >= 11 is 0. The molecule has 228 valence electrons. The lowest BCUT2D eigenvalue weighted by Gasteiger charge is -2.27. The number of hydrogen-bond acceptors (Lipinski definition) is 8. The van der Waals surface area contributed by atoms with E-state index in [1.54, 1.807) is 30.3 Å². The van der Waals surface area contributed by atoms with Crippen molar-refractivity contribution in [3.63, 3.8) is 0 Å². The Balaban J connectivity index is 2.22. The molecule has 1 heterocycles. The molecule has 14 nitrogen and oxygen atoms in total. The van der Waals surface area contributed by atoms with Gasteiger partial charge in [-0.25, -0.2) is 4.57 Å². The summed E-state index contributed by atoms with van der Waals surface area (Å²) in [5.41, 5.74) is 6.67. The minimum atomic E-state index is -5.04. The number of hydrogen-bond donors (Lipinski definition) is 6. The molecule has 1 aliphatic heterocycles. The second-order valence-electron chi connectivity index (χ2n) is 10.4. The number of nitrogens with zero attached hydrogens (tertiary/aromatic N) is 1. The Bertz CT molecular complexity index is 1110. The molecule has 4 amide bonds. The Hall–Kier alpha value is -3.16. The highest BCUT2D eigenvalue weighted by atomic mass is 31.2. The molecule has 0 bridgehead atoms. The summed E-state index contributed by atoms with van der Waals surface area (Å²) < 4.78 is 15.9. The second-order valence-corrected chi connectivity index (χ2v) is 11.7. The molecule has 0 radical (unpaired) electrons. The van der Waals surface area contributed by atoms with Gasteiger partial charge in [0.05, 0.1) is 18.7 Å². The molecule has 0 aliphatic carbocycles. The average Bonchev–Trinajstić information content (AvgIpc) is 3.38. The molecule has 1 saturated heterocycles. The van der Waals surface area contributed by atoms with Crippen LogP contribution in [0.5, 0.6) is 0 Å². The SMILES string of the molecule is CC(C)C[C@H](N)C(=O)N[C@@H](Cc1ccccc1)C(=O)N[C@@H](COP(=O)(O)O)C(=O)N[C@@H](C)C(=O)N1CCC[C@H]1C=O. The first-order valence-electron chi connectivity index (χ1n) is 13.4. The number of aldehydes is 1. The van der Waals surface area contributed by atoms with Crippen molar-refractivity contribution in [2.75, 3.05) is 13.2 Å². The molecule has 1 aromatic carbocycles. The molecule has 7 N–H and O–H groups in total. The molecule has 0 aromatic heterocycles. The highest BCUT2D eigenvalue weighted by molar-refractivity contribution is 7.46. The van der Waals surface area contributed by atoms with Gasteiger partial charge in [-0.2, -0.15) is 0 Å². The van der Waals surface area contributed by atoms with Crippen molar-refractivity contribution < 1.29 is 42.8 Å². The fraction of sp³-hybridized carbons (Fsp3) is 0.577. The zero-order valence-electron chi connectivity index (χ0n) is 23.4. The van der Waals surface area contributed by atoms with E-state index in [0.717, 1.165) is 0 Å². The van der Waals surface area contributed by atoms with Gasteiger partial charge in [-0.3, -0.25) is 23.7 Å². The number of benzene rings is 1. The van der Waals surface area contributed by atoms with Gasteiger partial charge in [-0.1, -0.05) is 44.2 Å². The van der Waals surface area contributed by atoms with E-state index in [0.29, 0.717) is 37.7 Å². The molecule has 41 heavy (non-hydrogen) atoms. The molecular weight excluding hydrogens is 557 g/mol. The molecule has 0 saturated carbocycles. The van der Waals surface area contributed by atoms with Crippen LogP contribution in [0.2, 0.25) is 0 Å². The summed E-state index contributed by atoms with van der Waals surface area (Å²) in [6.07, 6.45) is 2.17. The van der Waals surface area contributed by atoms with E-state index in [-0.39, 0.29) is 12.3 Å². The van der Waals surface area contributed by atoms with Crippen LogP contribution in [0.15, 0.2) is 30.3 Å². The van der Waals surface area contributed by atoms with E-state index in [1.807, 2.05) is 13.8 Å². The van der Waals surface area contributed by atoms with E-state index in [1.165, 1.54) is 11.8 Å². The lowest BCUT2D eigenvalue weighted by molar-refractivity contribution is -0.139. The first kappa shape index (κ1) is 34.0. The van der Waals surface area contributed by atoms with Gasteiger partial charge in [0.2, 0.25) is 23.6 Å². The average molecular weight is 598 g/mol. The van der Waals surface area contributed by atoms with Crippen LogP contribution in [0, 0.1) is 5.92 Å². The van der Waals surface area contributed by atoms with Gasteiger partial charge in [0, 0.05) is 13.0 Å². The maximum atomic E-state index is 13.4. The van der Waals surface area contributed by atoms with Gasteiger partial charge < -0.3 is 41.2 Å². The summed E-state index contributed by atoms with van der Waals surface area (Å²) in [6.45, 7) is 4.57. The topological polar surface area (TPSA) is 217 Å². The third-order valence-electron chi connectivity index (χ3n) is 6.49.